The lowest BCUT2D eigenvalue weighted by atomic mass is 9.91. The van der Waals surface area contributed by atoms with Crippen molar-refractivity contribution in [2.45, 2.75) is 31.3 Å². The van der Waals surface area contributed by atoms with Crippen molar-refractivity contribution >= 4 is 5.91 Å². The summed E-state index contributed by atoms with van der Waals surface area (Å²) in [6.07, 6.45) is 2.89. The van der Waals surface area contributed by atoms with Gasteiger partial charge in [0.15, 0.2) is 0 Å². The van der Waals surface area contributed by atoms with Crippen LogP contribution in [0.25, 0.3) is 0 Å². The maximum atomic E-state index is 12.7. The van der Waals surface area contributed by atoms with Gasteiger partial charge in [0, 0.05) is 36.8 Å². The fourth-order valence-corrected chi connectivity index (χ4v) is 4.33. The van der Waals surface area contributed by atoms with Gasteiger partial charge in [0.25, 0.3) is 5.91 Å². The number of methoxy groups -OCH3 is 2. The Morgan fingerprint density at radius 3 is 2.78 bits per heavy atom. The summed E-state index contributed by atoms with van der Waals surface area (Å²) in [5, 5.41) is 3.34. The third kappa shape index (κ3) is 3.52. The molecular weight excluding hydrogens is 340 g/mol. The molecule has 4 rings (SSSR count). The number of fused-ring (bicyclic) bond motifs is 1. The first-order chi connectivity index (χ1) is 13.1. The average molecular weight is 366 g/mol. The number of benzene rings is 2. The van der Waals surface area contributed by atoms with Crippen LogP contribution in [0.15, 0.2) is 42.5 Å². The number of hydrogen-bond donors (Lipinski definition) is 1. The second-order valence-electron chi connectivity index (χ2n) is 7.53. The van der Waals surface area contributed by atoms with Crippen molar-refractivity contribution in [3.8, 4) is 11.5 Å². The Bertz CT molecular complexity index is 851. The third-order valence-corrected chi connectivity index (χ3v) is 5.83. The van der Waals surface area contributed by atoms with Crippen LogP contribution < -0.4 is 14.8 Å². The number of ether oxygens (including phenoxy) is 2. The predicted octanol–water partition coefficient (Wildman–Crippen LogP) is 3.02. The second-order valence-corrected chi connectivity index (χ2v) is 7.53. The smallest absolute Gasteiger partial charge is 0.252 e. The molecule has 2 heterocycles. The SMILES string of the molecule is COc1ccc(CN2CCC3(CCc4ccccc4C(=O)N3)C2)c(OC)c1. The molecule has 0 aliphatic carbocycles. The van der Waals surface area contributed by atoms with E-state index >= 15 is 0 Å². The van der Waals surface area contributed by atoms with Crippen LogP contribution in [0.2, 0.25) is 0 Å². The molecule has 0 bridgehead atoms. The van der Waals surface area contributed by atoms with Gasteiger partial charge in [-0.3, -0.25) is 9.69 Å². The molecule has 5 nitrogen and oxygen atoms in total. The monoisotopic (exact) mass is 366 g/mol. The predicted molar refractivity (Wildman–Crippen MR) is 104 cm³/mol. The highest BCUT2D eigenvalue weighted by atomic mass is 16.5. The van der Waals surface area contributed by atoms with Crippen molar-refractivity contribution in [2.75, 3.05) is 27.3 Å². The molecule has 1 amide bonds. The molecule has 1 fully saturated rings. The molecule has 1 saturated heterocycles. The Hall–Kier alpha value is -2.53. The zero-order valence-electron chi connectivity index (χ0n) is 16.0. The Balaban J connectivity index is 1.49. The molecule has 1 N–H and O–H groups in total. The summed E-state index contributed by atoms with van der Waals surface area (Å²) in [5.41, 5.74) is 2.97. The largest absolute Gasteiger partial charge is 0.497 e. The lowest BCUT2D eigenvalue weighted by Crippen LogP contribution is -2.49. The first kappa shape index (κ1) is 17.9. The molecule has 2 aromatic carbocycles. The Kier molecular flexibility index (Phi) is 4.79. The molecule has 1 spiro atoms. The van der Waals surface area contributed by atoms with E-state index < -0.39 is 0 Å². The number of nitrogens with zero attached hydrogens (tertiary/aromatic N) is 1. The van der Waals surface area contributed by atoms with Gasteiger partial charge < -0.3 is 14.8 Å². The van der Waals surface area contributed by atoms with Crippen LogP contribution in [0.4, 0.5) is 0 Å². The molecule has 27 heavy (non-hydrogen) atoms. The third-order valence-electron chi connectivity index (χ3n) is 5.83. The Morgan fingerprint density at radius 2 is 1.96 bits per heavy atom. The van der Waals surface area contributed by atoms with Gasteiger partial charge in [0.2, 0.25) is 0 Å². The molecular formula is C22H26N2O3. The summed E-state index contributed by atoms with van der Waals surface area (Å²) in [6, 6.07) is 13.9. The van der Waals surface area contributed by atoms with Crippen LogP contribution in [0.3, 0.4) is 0 Å². The van der Waals surface area contributed by atoms with E-state index in [1.54, 1.807) is 14.2 Å². The summed E-state index contributed by atoms with van der Waals surface area (Å²) in [5.74, 6) is 1.70. The highest BCUT2D eigenvalue weighted by Crippen LogP contribution is 2.33. The first-order valence-corrected chi connectivity index (χ1v) is 9.46. The van der Waals surface area contributed by atoms with Crippen molar-refractivity contribution < 1.29 is 14.3 Å². The van der Waals surface area contributed by atoms with Crippen molar-refractivity contribution in [2.24, 2.45) is 0 Å². The number of amides is 1. The van der Waals surface area contributed by atoms with Gasteiger partial charge in [-0.15, -0.1) is 0 Å². The summed E-state index contributed by atoms with van der Waals surface area (Å²) in [7, 11) is 3.35. The molecule has 0 aromatic heterocycles. The van der Waals surface area contributed by atoms with Crippen molar-refractivity contribution in [1.29, 1.82) is 0 Å². The van der Waals surface area contributed by atoms with Crippen LogP contribution in [0, 0.1) is 0 Å². The lowest BCUT2D eigenvalue weighted by molar-refractivity contribution is 0.0902. The summed E-state index contributed by atoms with van der Waals surface area (Å²) in [6.45, 7) is 2.63. The Morgan fingerprint density at radius 1 is 1.11 bits per heavy atom. The number of rotatable bonds is 4. The van der Waals surface area contributed by atoms with E-state index in [0.717, 1.165) is 67.1 Å². The topological polar surface area (TPSA) is 50.8 Å². The van der Waals surface area contributed by atoms with E-state index in [2.05, 4.69) is 22.3 Å². The van der Waals surface area contributed by atoms with Crippen molar-refractivity contribution in [3.63, 3.8) is 0 Å². The number of carbonyl (C=O) groups excluding carboxylic acids is 1. The van der Waals surface area contributed by atoms with E-state index in [1.807, 2.05) is 30.3 Å². The number of likely N-dealkylation sites (tertiary alicyclic amines) is 1. The van der Waals surface area contributed by atoms with E-state index in [1.165, 1.54) is 0 Å². The standard InChI is InChI=1S/C22H26N2O3/c1-26-18-8-7-17(20(13-18)27-2)14-24-12-11-22(15-24)10-9-16-5-3-4-6-19(16)21(25)23-22/h3-8,13H,9-12,14-15H2,1-2H3,(H,23,25). The Labute approximate surface area is 160 Å². The summed E-state index contributed by atoms with van der Waals surface area (Å²) in [4.78, 5) is 15.1. The number of aryl methyl sites for hydroxylation is 1. The number of hydrogen-bond acceptors (Lipinski definition) is 4. The van der Waals surface area contributed by atoms with Crippen LogP contribution >= 0.6 is 0 Å². The molecule has 1 unspecified atom stereocenters. The molecule has 2 aliphatic rings. The number of nitrogens with one attached hydrogen (secondary N) is 1. The summed E-state index contributed by atoms with van der Waals surface area (Å²) >= 11 is 0. The lowest BCUT2D eigenvalue weighted by Gasteiger charge is -2.29. The summed E-state index contributed by atoms with van der Waals surface area (Å²) < 4.78 is 10.8. The van der Waals surface area contributed by atoms with Crippen LogP contribution in [0.1, 0.15) is 34.3 Å². The highest BCUT2D eigenvalue weighted by molar-refractivity contribution is 5.96. The second kappa shape index (κ2) is 7.24. The van der Waals surface area contributed by atoms with Crippen LogP contribution in [-0.2, 0) is 13.0 Å². The molecule has 1 atom stereocenters. The molecule has 2 aromatic rings. The first-order valence-electron chi connectivity index (χ1n) is 9.46. The molecule has 142 valence electrons. The minimum absolute atomic E-state index is 0.0620. The zero-order valence-corrected chi connectivity index (χ0v) is 16.0. The normalized spacial score (nSPS) is 22.2. The quantitative estimate of drug-likeness (QED) is 0.904. The maximum absolute atomic E-state index is 12.7. The van der Waals surface area contributed by atoms with Gasteiger partial charge in [0.05, 0.1) is 19.8 Å². The highest BCUT2D eigenvalue weighted by Gasteiger charge is 2.41. The van der Waals surface area contributed by atoms with E-state index in [9.17, 15) is 4.79 Å². The van der Waals surface area contributed by atoms with Crippen LogP contribution in [-0.4, -0.2) is 43.7 Å². The van der Waals surface area contributed by atoms with Crippen molar-refractivity contribution in [3.05, 3.63) is 59.2 Å². The fourth-order valence-electron chi connectivity index (χ4n) is 4.33. The van der Waals surface area contributed by atoms with Crippen molar-refractivity contribution in [1.82, 2.24) is 10.2 Å². The fraction of sp³-hybridized carbons (Fsp3) is 0.409. The van der Waals surface area contributed by atoms with Gasteiger partial charge in [-0.05, 0) is 37.0 Å². The molecule has 2 aliphatic heterocycles. The average Bonchev–Trinajstić information content (AvgIpc) is 3.02. The van der Waals surface area contributed by atoms with Gasteiger partial charge >= 0.3 is 0 Å². The molecule has 5 heteroatoms. The van der Waals surface area contributed by atoms with Gasteiger partial charge in [-0.25, -0.2) is 0 Å². The van der Waals surface area contributed by atoms with E-state index in [4.69, 9.17) is 9.47 Å². The van der Waals surface area contributed by atoms with Crippen LogP contribution in [0.5, 0.6) is 11.5 Å². The van der Waals surface area contributed by atoms with E-state index in [-0.39, 0.29) is 11.4 Å². The van der Waals surface area contributed by atoms with E-state index in [0.29, 0.717) is 0 Å². The maximum Gasteiger partial charge on any atom is 0.252 e. The number of carbonyl (C=O) groups is 1. The minimum atomic E-state index is -0.143. The van der Waals surface area contributed by atoms with Gasteiger partial charge in [-0.2, -0.15) is 0 Å². The molecule has 0 radical (unpaired) electrons. The van der Waals surface area contributed by atoms with Gasteiger partial charge in [-0.1, -0.05) is 24.3 Å². The zero-order chi connectivity index (χ0) is 18.9. The minimum Gasteiger partial charge on any atom is -0.497 e. The molecule has 0 saturated carbocycles. The van der Waals surface area contributed by atoms with Gasteiger partial charge in [0.1, 0.15) is 11.5 Å².